The molecule has 0 bridgehead atoms. The van der Waals surface area contributed by atoms with Crippen LogP contribution in [0.15, 0.2) is 24.3 Å². The standard InChI is InChI=1S/C10H10BNO2/c1-8(6-7-12)11-13-9-4-2-3-5-10(9)14-11/h2-5,8H,6H2,1H3. The Morgan fingerprint density at radius 1 is 1.36 bits per heavy atom. The van der Waals surface area contributed by atoms with E-state index in [-0.39, 0.29) is 12.9 Å². The van der Waals surface area contributed by atoms with E-state index in [0.29, 0.717) is 6.42 Å². The van der Waals surface area contributed by atoms with Crippen LogP contribution in [-0.2, 0) is 0 Å². The summed E-state index contributed by atoms with van der Waals surface area (Å²) in [4.78, 5) is 0. The summed E-state index contributed by atoms with van der Waals surface area (Å²) in [6.07, 6.45) is 0.443. The van der Waals surface area contributed by atoms with Gasteiger partial charge in [-0.05, 0) is 12.1 Å². The lowest BCUT2D eigenvalue weighted by Gasteiger charge is -2.08. The van der Waals surface area contributed by atoms with E-state index < -0.39 is 0 Å². The number of nitriles is 1. The van der Waals surface area contributed by atoms with E-state index in [1.54, 1.807) is 0 Å². The fourth-order valence-corrected chi connectivity index (χ4v) is 1.39. The molecule has 0 saturated carbocycles. The molecule has 14 heavy (non-hydrogen) atoms. The molecule has 70 valence electrons. The monoisotopic (exact) mass is 187 g/mol. The number of hydrogen-bond acceptors (Lipinski definition) is 3. The van der Waals surface area contributed by atoms with Gasteiger partial charge in [-0.25, -0.2) is 0 Å². The number of benzene rings is 1. The minimum absolute atomic E-state index is 0.0902. The quantitative estimate of drug-likeness (QED) is 0.666. The van der Waals surface area contributed by atoms with Crippen molar-refractivity contribution in [3.05, 3.63) is 24.3 Å². The predicted octanol–water partition coefficient (Wildman–Crippen LogP) is 2.25. The normalized spacial score (nSPS) is 15.0. The van der Waals surface area contributed by atoms with Crippen LogP contribution in [0.25, 0.3) is 0 Å². The van der Waals surface area contributed by atoms with Crippen LogP contribution in [0.3, 0.4) is 0 Å². The van der Waals surface area contributed by atoms with Gasteiger partial charge < -0.3 is 9.31 Å². The van der Waals surface area contributed by atoms with E-state index in [2.05, 4.69) is 6.07 Å². The lowest BCUT2D eigenvalue weighted by Crippen LogP contribution is -2.29. The Morgan fingerprint density at radius 2 is 1.93 bits per heavy atom. The largest absolute Gasteiger partial charge is 0.598 e. The molecule has 1 aliphatic heterocycles. The number of fused-ring (bicyclic) bond motifs is 1. The van der Waals surface area contributed by atoms with E-state index in [1.165, 1.54) is 0 Å². The molecule has 1 aromatic carbocycles. The van der Waals surface area contributed by atoms with Gasteiger partial charge in [0.1, 0.15) is 11.5 Å². The summed E-state index contributed by atoms with van der Waals surface area (Å²) in [5, 5.41) is 8.55. The van der Waals surface area contributed by atoms with Crippen molar-refractivity contribution in [2.75, 3.05) is 0 Å². The summed E-state index contributed by atoms with van der Waals surface area (Å²) in [6, 6.07) is 9.65. The maximum absolute atomic E-state index is 8.55. The summed E-state index contributed by atoms with van der Waals surface area (Å²) >= 11 is 0. The molecule has 0 aliphatic carbocycles. The summed E-state index contributed by atoms with van der Waals surface area (Å²) < 4.78 is 11.1. The van der Waals surface area contributed by atoms with Crippen LogP contribution >= 0.6 is 0 Å². The maximum Gasteiger partial charge on any atom is 0.598 e. The zero-order valence-electron chi connectivity index (χ0n) is 7.93. The van der Waals surface area contributed by atoms with Gasteiger partial charge in [0, 0.05) is 12.2 Å². The van der Waals surface area contributed by atoms with Crippen molar-refractivity contribution < 1.29 is 9.31 Å². The third kappa shape index (κ3) is 1.53. The van der Waals surface area contributed by atoms with Crippen LogP contribution in [0.5, 0.6) is 11.5 Å². The molecule has 0 spiro atoms. The SMILES string of the molecule is CC(CC#N)B1Oc2ccccc2O1. The Bertz CT molecular complexity index is 350. The van der Waals surface area contributed by atoms with Crippen molar-refractivity contribution in [2.45, 2.75) is 19.2 Å². The molecule has 0 saturated heterocycles. The second-order valence-corrected chi connectivity index (χ2v) is 3.39. The Labute approximate surface area is 83.4 Å². The van der Waals surface area contributed by atoms with Crippen molar-refractivity contribution in [1.82, 2.24) is 0 Å². The highest BCUT2D eigenvalue weighted by Gasteiger charge is 2.36. The van der Waals surface area contributed by atoms with Gasteiger partial charge in [-0.3, -0.25) is 0 Å². The van der Waals surface area contributed by atoms with E-state index in [4.69, 9.17) is 14.6 Å². The molecular formula is C10H10BNO2. The molecule has 1 aliphatic rings. The van der Waals surface area contributed by atoms with Gasteiger partial charge >= 0.3 is 7.12 Å². The van der Waals surface area contributed by atoms with Gasteiger partial charge in [0.2, 0.25) is 0 Å². The van der Waals surface area contributed by atoms with Gasteiger partial charge in [0.15, 0.2) is 0 Å². The molecule has 0 fully saturated rings. The zero-order chi connectivity index (χ0) is 9.97. The predicted molar refractivity (Wildman–Crippen MR) is 53.1 cm³/mol. The molecule has 0 amide bonds. The molecule has 0 radical (unpaired) electrons. The Balaban J connectivity index is 2.08. The fourth-order valence-electron chi connectivity index (χ4n) is 1.39. The van der Waals surface area contributed by atoms with Crippen LogP contribution in [0.2, 0.25) is 5.82 Å². The maximum atomic E-state index is 8.55. The second-order valence-electron chi connectivity index (χ2n) is 3.39. The third-order valence-corrected chi connectivity index (χ3v) is 2.21. The van der Waals surface area contributed by atoms with Gasteiger partial charge in [0.25, 0.3) is 0 Å². The van der Waals surface area contributed by atoms with E-state index in [0.717, 1.165) is 11.5 Å². The van der Waals surface area contributed by atoms with Crippen molar-refractivity contribution in [1.29, 1.82) is 5.26 Å². The van der Waals surface area contributed by atoms with Crippen LogP contribution in [0.4, 0.5) is 0 Å². The number of para-hydroxylation sites is 2. The molecular weight excluding hydrogens is 177 g/mol. The molecule has 4 heteroatoms. The zero-order valence-corrected chi connectivity index (χ0v) is 7.93. The van der Waals surface area contributed by atoms with E-state index in [9.17, 15) is 0 Å². The van der Waals surface area contributed by atoms with E-state index >= 15 is 0 Å². The molecule has 1 aromatic rings. The molecule has 0 N–H and O–H groups in total. The minimum atomic E-state index is -0.313. The van der Waals surface area contributed by atoms with Gasteiger partial charge in [0.05, 0.1) is 6.07 Å². The number of nitrogens with zero attached hydrogens (tertiary/aromatic N) is 1. The van der Waals surface area contributed by atoms with Crippen molar-refractivity contribution in [3.63, 3.8) is 0 Å². The smallest absolute Gasteiger partial charge is 0.523 e. The first-order chi connectivity index (χ1) is 6.81. The number of rotatable bonds is 2. The lowest BCUT2D eigenvalue weighted by molar-refractivity contribution is 0.475. The lowest BCUT2D eigenvalue weighted by atomic mass is 9.72. The first-order valence-electron chi connectivity index (χ1n) is 4.60. The second kappa shape index (κ2) is 3.63. The summed E-state index contributed by atoms with van der Waals surface area (Å²) in [5.41, 5.74) is 0. The van der Waals surface area contributed by atoms with Crippen LogP contribution in [0, 0.1) is 11.3 Å². The fraction of sp³-hybridized carbons (Fsp3) is 0.300. The molecule has 1 unspecified atom stereocenters. The topological polar surface area (TPSA) is 42.2 Å². The highest BCUT2D eigenvalue weighted by atomic mass is 16.6. The summed E-state index contributed by atoms with van der Waals surface area (Å²) in [5.74, 6) is 1.62. The molecule has 2 rings (SSSR count). The molecule has 3 nitrogen and oxygen atoms in total. The Kier molecular flexibility index (Phi) is 2.32. The Morgan fingerprint density at radius 3 is 2.43 bits per heavy atom. The molecule has 0 aromatic heterocycles. The third-order valence-electron chi connectivity index (χ3n) is 2.21. The van der Waals surface area contributed by atoms with E-state index in [1.807, 2.05) is 31.2 Å². The first-order valence-corrected chi connectivity index (χ1v) is 4.60. The molecule has 1 atom stereocenters. The van der Waals surface area contributed by atoms with Gasteiger partial charge in [-0.2, -0.15) is 5.26 Å². The average molecular weight is 187 g/mol. The van der Waals surface area contributed by atoms with Crippen LogP contribution in [0.1, 0.15) is 13.3 Å². The average Bonchev–Trinajstić information content (AvgIpc) is 2.61. The van der Waals surface area contributed by atoms with Crippen molar-refractivity contribution >= 4 is 7.12 Å². The minimum Gasteiger partial charge on any atom is -0.523 e. The summed E-state index contributed by atoms with van der Waals surface area (Å²) in [6.45, 7) is 1.94. The highest BCUT2D eigenvalue weighted by molar-refractivity contribution is 6.49. The number of hydrogen-bond donors (Lipinski definition) is 0. The highest BCUT2D eigenvalue weighted by Crippen LogP contribution is 2.36. The first kappa shape index (κ1) is 8.95. The Hall–Kier alpha value is -1.63. The van der Waals surface area contributed by atoms with Crippen LogP contribution < -0.4 is 9.31 Å². The summed E-state index contributed by atoms with van der Waals surface area (Å²) in [7, 11) is -0.313. The van der Waals surface area contributed by atoms with Crippen molar-refractivity contribution in [3.8, 4) is 17.6 Å². The van der Waals surface area contributed by atoms with Gasteiger partial charge in [-0.15, -0.1) is 0 Å². The van der Waals surface area contributed by atoms with Crippen molar-refractivity contribution in [2.24, 2.45) is 0 Å². The van der Waals surface area contributed by atoms with Crippen LogP contribution in [-0.4, -0.2) is 7.12 Å². The molecule has 1 heterocycles. The van der Waals surface area contributed by atoms with Gasteiger partial charge in [-0.1, -0.05) is 19.1 Å².